The van der Waals surface area contributed by atoms with Gasteiger partial charge in [-0.2, -0.15) is 0 Å². The molecule has 126 valence electrons. The van der Waals surface area contributed by atoms with Gasteiger partial charge < -0.3 is 16.2 Å². The minimum Gasteiger partial charge on any atom is -0.391 e. The Morgan fingerprint density at radius 1 is 1.12 bits per heavy atom. The van der Waals surface area contributed by atoms with Crippen molar-refractivity contribution in [3.05, 3.63) is 42.2 Å². The molecule has 0 aliphatic rings. The molecule has 1 heterocycles. The van der Waals surface area contributed by atoms with E-state index in [0.717, 1.165) is 11.1 Å². The van der Waals surface area contributed by atoms with Gasteiger partial charge in [0.1, 0.15) is 6.04 Å². The van der Waals surface area contributed by atoms with E-state index in [2.05, 4.69) is 15.3 Å². The highest BCUT2D eigenvalue weighted by atomic mass is 16.5. The molecule has 0 unspecified atom stereocenters. The summed E-state index contributed by atoms with van der Waals surface area (Å²) in [4.78, 5) is 31.4. The Kier molecular flexibility index (Phi) is 5.40. The molecule has 0 spiro atoms. The smallest absolute Gasteiger partial charge is 0.268 e. The largest absolute Gasteiger partial charge is 0.391 e. The van der Waals surface area contributed by atoms with Gasteiger partial charge in [0.05, 0.1) is 6.10 Å². The van der Waals surface area contributed by atoms with E-state index in [9.17, 15) is 14.7 Å². The summed E-state index contributed by atoms with van der Waals surface area (Å²) in [5.41, 5.74) is 8.63. The summed E-state index contributed by atoms with van der Waals surface area (Å²) in [7, 11) is 0. The van der Waals surface area contributed by atoms with Gasteiger partial charge in [-0.15, -0.1) is 0 Å². The van der Waals surface area contributed by atoms with Crippen molar-refractivity contribution < 1.29 is 19.9 Å². The van der Waals surface area contributed by atoms with E-state index in [4.69, 9.17) is 10.9 Å². The monoisotopic (exact) mass is 331 g/mol. The van der Waals surface area contributed by atoms with E-state index in [1.165, 1.54) is 12.4 Å². The van der Waals surface area contributed by atoms with Crippen molar-refractivity contribution in [2.45, 2.75) is 19.1 Å². The predicted octanol–water partition coefficient (Wildman–Crippen LogP) is -0.290. The maximum atomic E-state index is 12.1. The summed E-state index contributed by atoms with van der Waals surface area (Å²) in [5.74, 6) is -1.31. The number of aliphatic hydroxyl groups excluding tert-OH is 1. The molecule has 2 rings (SSSR count). The fourth-order valence-electron chi connectivity index (χ4n) is 2.00. The van der Waals surface area contributed by atoms with Crippen LogP contribution in [0.5, 0.6) is 0 Å². The number of rotatable bonds is 5. The van der Waals surface area contributed by atoms with E-state index in [1.807, 2.05) is 0 Å². The number of amides is 2. The molecule has 0 aliphatic carbocycles. The SMILES string of the molecule is C[C@@H](O)[C@H](NC(=O)c1ccc(-c2cnc(N)nc2)cc1)C(=O)NO. The van der Waals surface area contributed by atoms with Crippen LogP contribution in [0.2, 0.25) is 0 Å². The first kappa shape index (κ1) is 17.3. The molecular formula is C15H17N5O4. The van der Waals surface area contributed by atoms with Crippen molar-refractivity contribution in [1.29, 1.82) is 0 Å². The van der Waals surface area contributed by atoms with Crippen LogP contribution in [0.4, 0.5) is 5.95 Å². The zero-order valence-corrected chi connectivity index (χ0v) is 12.8. The second kappa shape index (κ2) is 7.49. The van der Waals surface area contributed by atoms with Crippen LogP contribution in [0, 0.1) is 0 Å². The number of benzene rings is 1. The third-order valence-electron chi connectivity index (χ3n) is 3.31. The minimum absolute atomic E-state index is 0.168. The molecule has 2 amide bonds. The van der Waals surface area contributed by atoms with Gasteiger partial charge in [0.2, 0.25) is 5.95 Å². The van der Waals surface area contributed by atoms with Gasteiger partial charge in [-0.05, 0) is 24.6 Å². The van der Waals surface area contributed by atoms with E-state index in [0.29, 0.717) is 0 Å². The van der Waals surface area contributed by atoms with Crippen LogP contribution in [0.1, 0.15) is 17.3 Å². The van der Waals surface area contributed by atoms with E-state index in [-0.39, 0.29) is 11.5 Å². The zero-order valence-electron chi connectivity index (χ0n) is 12.8. The van der Waals surface area contributed by atoms with Crippen LogP contribution >= 0.6 is 0 Å². The van der Waals surface area contributed by atoms with E-state index < -0.39 is 24.0 Å². The molecule has 1 aromatic carbocycles. The minimum atomic E-state index is -1.27. The first-order valence-corrected chi connectivity index (χ1v) is 7.03. The van der Waals surface area contributed by atoms with E-state index >= 15 is 0 Å². The second-order valence-corrected chi connectivity index (χ2v) is 5.08. The number of nitrogens with one attached hydrogen (secondary N) is 2. The topological polar surface area (TPSA) is 150 Å². The number of aromatic nitrogens is 2. The van der Waals surface area contributed by atoms with Gasteiger partial charge in [0, 0.05) is 23.5 Å². The normalized spacial score (nSPS) is 13.0. The number of nitrogen functional groups attached to an aromatic ring is 1. The van der Waals surface area contributed by atoms with Crippen molar-refractivity contribution in [1.82, 2.24) is 20.8 Å². The van der Waals surface area contributed by atoms with Crippen LogP contribution in [0.3, 0.4) is 0 Å². The number of nitrogens with two attached hydrogens (primary N) is 1. The van der Waals surface area contributed by atoms with Gasteiger partial charge in [0.25, 0.3) is 11.8 Å². The van der Waals surface area contributed by atoms with Crippen LogP contribution < -0.4 is 16.5 Å². The lowest BCUT2D eigenvalue weighted by Gasteiger charge is -2.19. The highest BCUT2D eigenvalue weighted by Gasteiger charge is 2.25. The Bertz CT molecular complexity index is 716. The maximum Gasteiger partial charge on any atom is 0.268 e. The molecule has 6 N–H and O–H groups in total. The average Bonchev–Trinajstić information content (AvgIpc) is 2.59. The Hall–Kier alpha value is -3.04. The number of nitrogens with zero attached hydrogens (tertiary/aromatic N) is 2. The van der Waals surface area contributed by atoms with Crippen LogP contribution in [0.25, 0.3) is 11.1 Å². The second-order valence-electron chi connectivity index (χ2n) is 5.08. The summed E-state index contributed by atoms with van der Waals surface area (Å²) >= 11 is 0. The summed E-state index contributed by atoms with van der Waals surface area (Å²) in [6.07, 6.45) is 1.95. The van der Waals surface area contributed by atoms with Crippen LogP contribution in [-0.2, 0) is 4.79 Å². The lowest BCUT2D eigenvalue weighted by Crippen LogP contribution is -2.51. The number of anilines is 1. The highest BCUT2D eigenvalue weighted by Crippen LogP contribution is 2.18. The fourth-order valence-corrected chi connectivity index (χ4v) is 2.00. The molecule has 0 saturated heterocycles. The molecule has 0 aliphatic heterocycles. The first-order chi connectivity index (χ1) is 11.4. The molecule has 2 aromatic rings. The number of carbonyl (C=O) groups is 2. The third kappa shape index (κ3) is 4.03. The molecule has 0 bridgehead atoms. The molecule has 2 atom stereocenters. The van der Waals surface area contributed by atoms with Crippen molar-refractivity contribution in [2.75, 3.05) is 5.73 Å². The van der Waals surface area contributed by atoms with Gasteiger partial charge in [0.15, 0.2) is 0 Å². The van der Waals surface area contributed by atoms with Crippen molar-refractivity contribution in [2.24, 2.45) is 0 Å². The Morgan fingerprint density at radius 2 is 1.71 bits per heavy atom. The van der Waals surface area contributed by atoms with Crippen molar-refractivity contribution >= 4 is 17.8 Å². The van der Waals surface area contributed by atoms with Gasteiger partial charge in [-0.25, -0.2) is 15.4 Å². The predicted molar refractivity (Wildman–Crippen MR) is 84.7 cm³/mol. The summed E-state index contributed by atoms with van der Waals surface area (Å²) in [5, 5.41) is 20.5. The molecule has 0 fully saturated rings. The van der Waals surface area contributed by atoms with Gasteiger partial charge in [-0.1, -0.05) is 12.1 Å². The first-order valence-electron chi connectivity index (χ1n) is 7.03. The fraction of sp³-hybridized carbons (Fsp3) is 0.200. The third-order valence-corrected chi connectivity index (χ3v) is 3.31. The summed E-state index contributed by atoms with van der Waals surface area (Å²) in [6, 6.07) is 5.21. The van der Waals surface area contributed by atoms with Gasteiger partial charge in [-0.3, -0.25) is 14.8 Å². The maximum absolute atomic E-state index is 12.1. The van der Waals surface area contributed by atoms with Crippen molar-refractivity contribution in [3.63, 3.8) is 0 Å². The lowest BCUT2D eigenvalue weighted by atomic mass is 10.1. The standard InChI is InChI=1S/C15H17N5O4/c1-8(21)12(14(23)20-24)19-13(22)10-4-2-9(3-5-10)11-6-17-15(16)18-7-11/h2-8,12,21,24H,1H3,(H,19,22)(H,20,23)(H2,16,17,18)/t8-,12+/m1/s1. The molecule has 0 radical (unpaired) electrons. The van der Waals surface area contributed by atoms with Gasteiger partial charge >= 0.3 is 0 Å². The average molecular weight is 331 g/mol. The van der Waals surface area contributed by atoms with E-state index in [1.54, 1.807) is 36.7 Å². The number of carbonyl (C=O) groups excluding carboxylic acids is 2. The molecule has 9 nitrogen and oxygen atoms in total. The molecule has 1 aromatic heterocycles. The highest BCUT2D eigenvalue weighted by molar-refractivity contribution is 5.97. The zero-order chi connectivity index (χ0) is 17.7. The van der Waals surface area contributed by atoms with Crippen LogP contribution in [0.15, 0.2) is 36.7 Å². The molecule has 24 heavy (non-hydrogen) atoms. The number of aliphatic hydroxyl groups is 1. The molecule has 9 heteroatoms. The number of hydrogen-bond donors (Lipinski definition) is 5. The number of hydroxylamine groups is 1. The lowest BCUT2D eigenvalue weighted by molar-refractivity contribution is -0.133. The molecular weight excluding hydrogens is 314 g/mol. The Balaban J connectivity index is 2.13. The van der Waals surface area contributed by atoms with Crippen LogP contribution in [-0.4, -0.2) is 44.2 Å². The number of hydrogen-bond acceptors (Lipinski definition) is 7. The summed E-state index contributed by atoms with van der Waals surface area (Å²) < 4.78 is 0. The Morgan fingerprint density at radius 3 is 2.21 bits per heavy atom. The quantitative estimate of drug-likeness (QED) is 0.373. The molecule has 0 saturated carbocycles. The van der Waals surface area contributed by atoms with Crippen molar-refractivity contribution in [3.8, 4) is 11.1 Å². The summed E-state index contributed by atoms with van der Waals surface area (Å²) in [6.45, 7) is 1.32. The Labute approximate surface area is 137 Å².